The monoisotopic (exact) mass is 420 g/mol. The maximum atomic E-state index is 12.6. The molecule has 0 aliphatic carbocycles. The number of nitrogens with zero attached hydrogens (tertiary/aromatic N) is 3. The summed E-state index contributed by atoms with van der Waals surface area (Å²) in [5.74, 6) is -0.732. The number of amides is 1. The number of allylic oxidation sites excluding steroid dienone is 1. The molecule has 10 nitrogen and oxygen atoms in total. The normalized spacial score (nSPS) is 11.7. The molecule has 0 atom stereocenters. The molecule has 2 aromatic carbocycles. The van der Waals surface area contributed by atoms with Crippen LogP contribution in [0, 0.1) is 10.1 Å². The molecule has 0 aromatic heterocycles. The Hall–Kier alpha value is -3.66. The van der Waals surface area contributed by atoms with E-state index in [1.807, 2.05) is 0 Å². The van der Waals surface area contributed by atoms with E-state index in [0.717, 1.165) is 0 Å². The van der Waals surface area contributed by atoms with Crippen LogP contribution in [0.2, 0.25) is 5.02 Å². The minimum absolute atomic E-state index is 0.0785. The molecule has 0 unspecified atom stereocenters. The third kappa shape index (κ3) is 5.42. The number of hydrogen-bond donors (Lipinski definition) is 2. The van der Waals surface area contributed by atoms with E-state index < -0.39 is 16.6 Å². The van der Waals surface area contributed by atoms with Crippen molar-refractivity contribution in [2.24, 2.45) is 10.2 Å². The number of hydrogen-bond acceptors (Lipinski definition) is 8. The van der Waals surface area contributed by atoms with Gasteiger partial charge < -0.3 is 19.9 Å². The summed E-state index contributed by atoms with van der Waals surface area (Å²) < 4.78 is 10.2. The van der Waals surface area contributed by atoms with E-state index >= 15 is 0 Å². The van der Waals surface area contributed by atoms with E-state index in [2.05, 4.69) is 15.5 Å². The average Bonchev–Trinajstić information content (AvgIpc) is 2.68. The third-order valence-corrected chi connectivity index (χ3v) is 3.83. The van der Waals surface area contributed by atoms with Crippen molar-refractivity contribution >= 4 is 34.6 Å². The number of carbonyl (C=O) groups is 1. The number of azo groups is 1. The van der Waals surface area contributed by atoms with Crippen LogP contribution in [0.25, 0.3) is 0 Å². The Morgan fingerprint density at radius 3 is 2.45 bits per heavy atom. The molecule has 0 spiro atoms. The number of anilines is 1. The van der Waals surface area contributed by atoms with Crippen molar-refractivity contribution < 1.29 is 24.3 Å². The topological polar surface area (TPSA) is 136 Å². The first-order valence-corrected chi connectivity index (χ1v) is 8.43. The lowest BCUT2D eigenvalue weighted by molar-refractivity contribution is -0.384. The second kappa shape index (κ2) is 9.51. The molecule has 0 aliphatic rings. The predicted octanol–water partition coefficient (Wildman–Crippen LogP) is 4.78. The van der Waals surface area contributed by atoms with Gasteiger partial charge in [0.1, 0.15) is 17.2 Å². The number of aliphatic hydroxyl groups is 1. The van der Waals surface area contributed by atoms with Crippen molar-refractivity contribution in [1.29, 1.82) is 0 Å². The number of nitrogens with one attached hydrogen (secondary N) is 1. The number of non-ortho nitro benzene ring substituents is 1. The smallest absolute Gasteiger partial charge is 0.279 e. The van der Waals surface area contributed by atoms with Gasteiger partial charge in [-0.1, -0.05) is 11.6 Å². The maximum absolute atomic E-state index is 12.6. The highest BCUT2D eigenvalue weighted by atomic mass is 35.5. The van der Waals surface area contributed by atoms with E-state index in [0.29, 0.717) is 10.8 Å². The molecule has 0 heterocycles. The van der Waals surface area contributed by atoms with Gasteiger partial charge in [0, 0.05) is 11.1 Å². The Kier molecular flexibility index (Phi) is 7.10. The van der Waals surface area contributed by atoms with Crippen LogP contribution in [-0.4, -0.2) is 30.2 Å². The van der Waals surface area contributed by atoms with Crippen LogP contribution < -0.4 is 14.8 Å². The van der Waals surface area contributed by atoms with Crippen molar-refractivity contribution in [3.8, 4) is 11.5 Å². The molecule has 2 N–H and O–H groups in total. The highest BCUT2D eigenvalue weighted by Gasteiger charge is 2.17. The van der Waals surface area contributed by atoms with Gasteiger partial charge >= 0.3 is 0 Å². The zero-order valence-corrected chi connectivity index (χ0v) is 16.4. The molecule has 11 heteroatoms. The molecular weight excluding hydrogens is 404 g/mol. The Bertz CT molecular complexity index is 1000. The fraction of sp³-hybridized carbons (Fsp3) is 0.167. The lowest BCUT2D eigenvalue weighted by atomic mass is 10.2. The standard InChI is InChI=1S/C18H17ClN4O6/c1-10(24)17(18(25)20-14-8-11(19)4-7-15(14)28-2)22-21-13-6-5-12(23(26)27)9-16(13)29-3/h4-9,24H,1-3H3,(H,20,25). The van der Waals surface area contributed by atoms with Crippen LogP contribution in [0.5, 0.6) is 11.5 Å². The number of carbonyl (C=O) groups excluding carboxylic acids is 1. The van der Waals surface area contributed by atoms with Crippen molar-refractivity contribution in [2.45, 2.75) is 6.92 Å². The summed E-state index contributed by atoms with van der Waals surface area (Å²) in [6.07, 6.45) is 0. The summed E-state index contributed by atoms with van der Waals surface area (Å²) in [5, 5.41) is 31.2. The van der Waals surface area contributed by atoms with Crippen LogP contribution in [-0.2, 0) is 4.79 Å². The molecule has 152 valence electrons. The van der Waals surface area contributed by atoms with Crippen molar-refractivity contribution in [1.82, 2.24) is 0 Å². The number of halogens is 1. The van der Waals surface area contributed by atoms with E-state index in [4.69, 9.17) is 21.1 Å². The van der Waals surface area contributed by atoms with Crippen LogP contribution in [0.4, 0.5) is 17.1 Å². The van der Waals surface area contributed by atoms with Gasteiger partial charge in [-0.2, -0.15) is 0 Å². The number of benzene rings is 2. The zero-order valence-electron chi connectivity index (χ0n) is 15.7. The van der Waals surface area contributed by atoms with Gasteiger partial charge in [-0.25, -0.2) is 0 Å². The predicted molar refractivity (Wildman–Crippen MR) is 106 cm³/mol. The Morgan fingerprint density at radius 1 is 1.17 bits per heavy atom. The first-order chi connectivity index (χ1) is 13.8. The van der Waals surface area contributed by atoms with Gasteiger partial charge in [-0.15, -0.1) is 10.2 Å². The minimum Gasteiger partial charge on any atom is -0.510 e. The van der Waals surface area contributed by atoms with Gasteiger partial charge in [-0.05, 0) is 31.2 Å². The van der Waals surface area contributed by atoms with Gasteiger partial charge in [-0.3, -0.25) is 14.9 Å². The van der Waals surface area contributed by atoms with Crippen LogP contribution in [0.15, 0.2) is 58.1 Å². The van der Waals surface area contributed by atoms with Crippen LogP contribution >= 0.6 is 11.6 Å². The number of ether oxygens (including phenoxy) is 2. The fourth-order valence-corrected chi connectivity index (χ4v) is 2.38. The Balaban J connectivity index is 2.32. The molecule has 2 aromatic rings. The van der Waals surface area contributed by atoms with Crippen molar-refractivity contribution in [2.75, 3.05) is 19.5 Å². The van der Waals surface area contributed by atoms with Gasteiger partial charge in [0.2, 0.25) is 0 Å². The van der Waals surface area contributed by atoms with Crippen molar-refractivity contribution in [3.63, 3.8) is 0 Å². The first kappa shape index (κ1) is 21.6. The Morgan fingerprint density at radius 2 is 1.86 bits per heavy atom. The molecule has 0 saturated heterocycles. The van der Waals surface area contributed by atoms with E-state index in [-0.39, 0.29) is 28.5 Å². The second-order valence-corrected chi connectivity index (χ2v) is 5.98. The fourth-order valence-electron chi connectivity index (χ4n) is 2.21. The molecule has 0 bridgehead atoms. The lowest BCUT2D eigenvalue weighted by Crippen LogP contribution is -2.15. The zero-order chi connectivity index (χ0) is 21.6. The number of aliphatic hydroxyl groups excluding tert-OH is 1. The molecule has 29 heavy (non-hydrogen) atoms. The summed E-state index contributed by atoms with van der Waals surface area (Å²) in [6, 6.07) is 8.31. The molecule has 2 rings (SSSR count). The molecular formula is C18H17ClN4O6. The maximum Gasteiger partial charge on any atom is 0.279 e. The highest BCUT2D eigenvalue weighted by molar-refractivity contribution is 6.31. The number of rotatable bonds is 7. The summed E-state index contributed by atoms with van der Waals surface area (Å²) in [6.45, 7) is 1.26. The van der Waals surface area contributed by atoms with Gasteiger partial charge in [0.25, 0.3) is 11.6 Å². The summed E-state index contributed by atoms with van der Waals surface area (Å²) in [5.41, 5.74) is -0.176. The average molecular weight is 421 g/mol. The largest absolute Gasteiger partial charge is 0.510 e. The summed E-state index contributed by atoms with van der Waals surface area (Å²) in [4.78, 5) is 22.8. The number of nitro benzene ring substituents is 1. The first-order valence-electron chi connectivity index (χ1n) is 8.05. The number of nitro groups is 1. The van der Waals surface area contributed by atoms with Gasteiger partial charge in [0.15, 0.2) is 11.4 Å². The molecule has 0 radical (unpaired) electrons. The summed E-state index contributed by atoms with van der Waals surface area (Å²) in [7, 11) is 2.73. The SMILES string of the molecule is COc1cc([N+](=O)[O-])ccc1N=NC(C(=O)Nc1cc(Cl)ccc1OC)=C(C)O. The van der Waals surface area contributed by atoms with E-state index in [1.54, 1.807) is 12.1 Å². The Labute approximate surface area is 170 Å². The van der Waals surface area contributed by atoms with Gasteiger partial charge in [0.05, 0.1) is 30.9 Å². The summed E-state index contributed by atoms with van der Waals surface area (Å²) >= 11 is 5.94. The van der Waals surface area contributed by atoms with Crippen molar-refractivity contribution in [3.05, 3.63) is 63.0 Å². The third-order valence-electron chi connectivity index (χ3n) is 3.60. The minimum atomic E-state index is -0.768. The number of methoxy groups -OCH3 is 2. The molecule has 0 fully saturated rings. The van der Waals surface area contributed by atoms with Crippen LogP contribution in [0.3, 0.4) is 0 Å². The molecule has 0 saturated carbocycles. The van der Waals surface area contributed by atoms with E-state index in [9.17, 15) is 20.0 Å². The molecule has 1 amide bonds. The van der Waals surface area contributed by atoms with Crippen LogP contribution in [0.1, 0.15) is 6.92 Å². The highest BCUT2D eigenvalue weighted by Crippen LogP contribution is 2.32. The lowest BCUT2D eigenvalue weighted by Gasteiger charge is -2.11. The molecule has 0 aliphatic heterocycles. The van der Waals surface area contributed by atoms with E-state index in [1.165, 1.54) is 45.4 Å². The second-order valence-electron chi connectivity index (χ2n) is 5.55. The quantitative estimate of drug-likeness (QED) is 0.217.